The van der Waals surface area contributed by atoms with Crippen LogP contribution >= 0.6 is 22.9 Å². The van der Waals surface area contributed by atoms with Crippen LogP contribution in [0.2, 0.25) is 5.02 Å². The lowest BCUT2D eigenvalue weighted by Crippen LogP contribution is -2.09. The number of ether oxygens (including phenoxy) is 2. The van der Waals surface area contributed by atoms with Crippen molar-refractivity contribution in [2.24, 2.45) is 5.10 Å². The third-order valence-corrected chi connectivity index (χ3v) is 4.58. The number of nitrogens with zero attached hydrogens (tertiary/aromatic N) is 2. The Balaban J connectivity index is 1.70. The summed E-state index contributed by atoms with van der Waals surface area (Å²) in [5, 5.41) is 7.34. The molecule has 1 heterocycles. The molecular weight excluding hydrogens is 386 g/mol. The van der Waals surface area contributed by atoms with Crippen LogP contribution in [0, 0.1) is 6.92 Å². The molecule has 0 aliphatic rings. The molecule has 27 heavy (non-hydrogen) atoms. The van der Waals surface area contributed by atoms with E-state index in [1.807, 2.05) is 12.3 Å². The smallest absolute Gasteiger partial charge is 0.343 e. The van der Waals surface area contributed by atoms with Crippen LogP contribution in [0.3, 0.4) is 0 Å². The second-order valence-corrected chi connectivity index (χ2v) is 6.77. The molecule has 0 amide bonds. The van der Waals surface area contributed by atoms with Crippen molar-refractivity contribution in [3.63, 3.8) is 0 Å². The number of nitrogens with one attached hydrogen (secondary N) is 1. The van der Waals surface area contributed by atoms with Crippen LogP contribution in [0.4, 0.5) is 5.13 Å². The van der Waals surface area contributed by atoms with Gasteiger partial charge in [-0.15, -0.1) is 11.3 Å². The average molecular weight is 402 g/mol. The molecule has 0 unspecified atom stereocenters. The van der Waals surface area contributed by atoms with Crippen molar-refractivity contribution >= 4 is 40.3 Å². The first-order valence-corrected chi connectivity index (χ1v) is 9.18. The zero-order chi connectivity index (χ0) is 19.2. The van der Waals surface area contributed by atoms with E-state index in [0.717, 1.165) is 11.3 Å². The average Bonchev–Trinajstić information content (AvgIpc) is 3.08. The Morgan fingerprint density at radius 3 is 2.67 bits per heavy atom. The van der Waals surface area contributed by atoms with E-state index in [0.29, 0.717) is 27.2 Å². The van der Waals surface area contributed by atoms with Gasteiger partial charge in [-0.05, 0) is 55.0 Å². The number of benzene rings is 2. The third-order valence-electron chi connectivity index (χ3n) is 3.46. The van der Waals surface area contributed by atoms with Crippen molar-refractivity contribution in [1.82, 2.24) is 4.98 Å². The molecule has 2 aromatic carbocycles. The molecule has 0 saturated heterocycles. The van der Waals surface area contributed by atoms with Crippen molar-refractivity contribution in [3.8, 4) is 11.5 Å². The van der Waals surface area contributed by atoms with E-state index in [4.69, 9.17) is 21.1 Å². The maximum absolute atomic E-state index is 12.2. The Bertz CT molecular complexity index is 971. The summed E-state index contributed by atoms with van der Waals surface area (Å²) in [7, 11) is 1.51. The minimum Gasteiger partial charge on any atom is -0.493 e. The summed E-state index contributed by atoms with van der Waals surface area (Å²) >= 11 is 7.30. The van der Waals surface area contributed by atoms with Crippen molar-refractivity contribution in [2.75, 3.05) is 12.5 Å². The summed E-state index contributed by atoms with van der Waals surface area (Å²) in [6, 6.07) is 11.6. The van der Waals surface area contributed by atoms with E-state index in [9.17, 15) is 4.79 Å². The summed E-state index contributed by atoms with van der Waals surface area (Å²) in [4.78, 5) is 16.5. The molecule has 0 aliphatic carbocycles. The van der Waals surface area contributed by atoms with Crippen LogP contribution in [0.1, 0.15) is 21.6 Å². The minimum atomic E-state index is -0.493. The van der Waals surface area contributed by atoms with Crippen molar-refractivity contribution in [2.45, 2.75) is 6.92 Å². The largest absolute Gasteiger partial charge is 0.493 e. The molecule has 3 rings (SSSR count). The highest BCUT2D eigenvalue weighted by Gasteiger charge is 2.12. The molecule has 1 aromatic heterocycles. The fourth-order valence-corrected chi connectivity index (χ4v) is 2.92. The van der Waals surface area contributed by atoms with E-state index >= 15 is 0 Å². The fraction of sp³-hybridized carbons (Fsp3) is 0.105. The molecule has 0 fully saturated rings. The third kappa shape index (κ3) is 5.06. The maximum atomic E-state index is 12.2. The van der Waals surface area contributed by atoms with E-state index in [1.54, 1.807) is 48.7 Å². The van der Waals surface area contributed by atoms with Gasteiger partial charge in [0, 0.05) is 10.4 Å². The maximum Gasteiger partial charge on any atom is 0.343 e. The van der Waals surface area contributed by atoms with Crippen LogP contribution in [0.5, 0.6) is 11.5 Å². The number of hydrogen-bond acceptors (Lipinski definition) is 7. The quantitative estimate of drug-likeness (QED) is 0.278. The lowest BCUT2D eigenvalue weighted by molar-refractivity contribution is 0.0729. The number of anilines is 1. The number of hydrogen-bond donors (Lipinski definition) is 1. The molecule has 0 spiro atoms. The van der Waals surface area contributed by atoms with Gasteiger partial charge in [-0.25, -0.2) is 9.78 Å². The molecule has 8 heteroatoms. The first kappa shape index (κ1) is 18.9. The van der Waals surface area contributed by atoms with Crippen LogP contribution < -0.4 is 14.9 Å². The molecule has 0 atom stereocenters. The van der Waals surface area contributed by atoms with Gasteiger partial charge in [-0.1, -0.05) is 11.6 Å². The molecule has 3 aromatic rings. The highest BCUT2D eigenvalue weighted by molar-refractivity contribution is 7.13. The SMILES string of the molecule is COc1cc(/C=N\Nc2nc(C)cs2)ccc1OC(=O)c1ccc(Cl)cc1. The second-order valence-electron chi connectivity index (χ2n) is 5.47. The Labute approximate surface area is 165 Å². The number of aromatic nitrogens is 1. The first-order valence-electron chi connectivity index (χ1n) is 7.92. The Morgan fingerprint density at radius 1 is 1.22 bits per heavy atom. The monoisotopic (exact) mass is 401 g/mol. The molecule has 0 bridgehead atoms. The summed E-state index contributed by atoms with van der Waals surface area (Å²) in [5.74, 6) is 0.247. The topological polar surface area (TPSA) is 72.8 Å². The van der Waals surface area contributed by atoms with Crippen LogP contribution in [-0.4, -0.2) is 24.3 Å². The van der Waals surface area contributed by atoms with Crippen LogP contribution in [0.25, 0.3) is 0 Å². The van der Waals surface area contributed by atoms with E-state index < -0.39 is 5.97 Å². The van der Waals surface area contributed by atoms with Crippen LogP contribution in [0.15, 0.2) is 52.9 Å². The molecule has 0 saturated carbocycles. The van der Waals surface area contributed by atoms with E-state index in [2.05, 4.69) is 15.5 Å². The van der Waals surface area contributed by atoms with Gasteiger partial charge in [0.1, 0.15) is 0 Å². The van der Waals surface area contributed by atoms with Gasteiger partial charge in [0.25, 0.3) is 0 Å². The number of thiazole rings is 1. The van der Waals surface area contributed by atoms with Gasteiger partial charge >= 0.3 is 5.97 Å². The summed E-state index contributed by atoms with van der Waals surface area (Å²) < 4.78 is 10.7. The fourth-order valence-electron chi connectivity index (χ4n) is 2.16. The number of hydrazone groups is 1. The predicted octanol–water partition coefficient (Wildman–Crippen LogP) is 4.78. The van der Waals surface area contributed by atoms with Gasteiger partial charge < -0.3 is 9.47 Å². The number of rotatable bonds is 6. The van der Waals surface area contributed by atoms with Crippen LogP contribution in [-0.2, 0) is 0 Å². The number of aryl methyl sites for hydroxylation is 1. The molecule has 138 valence electrons. The lowest BCUT2D eigenvalue weighted by atomic mass is 10.2. The van der Waals surface area contributed by atoms with Gasteiger partial charge in [0.05, 0.1) is 24.6 Å². The molecule has 6 nitrogen and oxygen atoms in total. The molecule has 0 aliphatic heterocycles. The minimum absolute atomic E-state index is 0.318. The summed E-state index contributed by atoms with van der Waals surface area (Å²) in [6.45, 7) is 1.92. The highest BCUT2D eigenvalue weighted by Crippen LogP contribution is 2.28. The molecule has 1 N–H and O–H groups in total. The van der Waals surface area contributed by atoms with Crippen molar-refractivity contribution < 1.29 is 14.3 Å². The Kier molecular flexibility index (Phi) is 6.05. The summed E-state index contributed by atoms with van der Waals surface area (Å²) in [6.07, 6.45) is 1.63. The predicted molar refractivity (Wildman–Crippen MR) is 107 cm³/mol. The number of methoxy groups -OCH3 is 1. The lowest BCUT2D eigenvalue weighted by Gasteiger charge is -2.10. The number of carbonyl (C=O) groups excluding carboxylic acids is 1. The molecule has 0 radical (unpaired) electrons. The van der Waals surface area contributed by atoms with Gasteiger partial charge in [-0.3, -0.25) is 5.43 Å². The Hall–Kier alpha value is -2.90. The zero-order valence-corrected chi connectivity index (χ0v) is 16.2. The number of esters is 1. The highest BCUT2D eigenvalue weighted by atomic mass is 35.5. The standard InChI is InChI=1S/C19H16ClN3O3S/c1-12-11-27-19(22-12)23-21-10-13-3-8-16(17(9-13)25-2)26-18(24)14-4-6-15(20)7-5-14/h3-11H,1-2H3,(H,22,23)/b21-10-. The van der Waals surface area contributed by atoms with E-state index in [-0.39, 0.29) is 0 Å². The summed E-state index contributed by atoms with van der Waals surface area (Å²) in [5.41, 5.74) is 4.98. The number of carbonyl (C=O) groups is 1. The zero-order valence-electron chi connectivity index (χ0n) is 14.6. The van der Waals surface area contributed by atoms with Gasteiger partial charge in [0.15, 0.2) is 11.5 Å². The van der Waals surface area contributed by atoms with Gasteiger partial charge in [-0.2, -0.15) is 5.10 Å². The van der Waals surface area contributed by atoms with Crippen molar-refractivity contribution in [3.05, 3.63) is 69.7 Å². The van der Waals surface area contributed by atoms with E-state index in [1.165, 1.54) is 18.4 Å². The molecular formula is C19H16ClN3O3S. The van der Waals surface area contributed by atoms with Gasteiger partial charge in [0.2, 0.25) is 5.13 Å². The normalized spacial score (nSPS) is 10.8. The first-order chi connectivity index (χ1) is 13.0. The van der Waals surface area contributed by atoms with Crippen molar-refractivity contribution in [1.29, 1.82) is 0 Å². The Morgan fingerprint density at radius 2 is 2.00 bits per heavy atom. The second kappa shape index (κ2) is 8.66. The number of halogens is 1.